The molecule has 1 aromatic heterocycles. The maximum atomic E-state index is 12.3. The van der Waals surface area contributed by atoms with Crippen molar-refractivity contribution >= 4 is 23.1 Å². The van der Waals surface area contributed by atoms with E-state index in [0.717, 1.165) is 28.6 Å². The average molecular weight is 333 g/mol. The summed E-state index contributed by atoms with van der Waals surface area (Å²) in [5.41, 5.74) is 1.62. The standard InChI is InChI=1S/C17H23N3O2S/c1-5-12(2)22-16-8-6-7-14(9-16)19-17(21)20(4)10-15-11-23-13(3)18-15/h6-9,11-12H,5,10H2,1-4H3,(H,19,21). The third-order valence-electron chi connectivity index (χ3n) is 3.41. The molecule has 0 bridgehead atoms. The largest absolute Gasteiger partial charge is 0.491 e. The number of carbonyl (C=O) groups is 1. The second-order valence-corrected chi connectivity index (χ2v) is 6.57. The van der Waals surface area contributed by atoms with Crippen LogP contribution in [0, 0.1) is 6.92 Å². The lowest BCUT2D eigenvalue weighted by Crippen LogP contribution is -2.30. The predicted octanol–water partition coefficient (Wildman–Crippen LogP) is 4.29. The van der Waals surface area contributed by atoms with Gasteiger partial charge in [0.25, 0.3) is 0 Å². The van der Waals surface area contributed by atoms with Gasteiger partial charge in [-0.3, -0.25) is 0 Å². The van der Waals surface area contributed by atoms with Gasteiger partial charge in [0.05, 0.1) is 23.4 Å². The highest BCUT2D eigenvalue weighted by atomic mass is 32.1. The first-order valence-corrected chi connectivity index (χ1v) is 8.55. The van der Waals surface area contributed by atoms with Crippen LogP contribution in [0.5, 0.6) is 5.75 Å². The molecule has 1 atom stereocenters. The van der Waals surface area contributed by atoms with E-state index in [1.807, 2.05) is 43.5 Å². The van der Waals surface area contributed by atoms with Gasteiger partial charge < -0.3 is 15.0 Å². The Balaban J connectivity index is 1.95. The van der Waals surface area contributed by atoms with E-state index >= 15 is 0 Å². The third-order valence-corrected chi connectivity index (χ3v) is 4.23. The van der Waals surface area contributed by atoms with Gasteiger partial charge in [-0.1, -0.05) is 13.0 Å². The molecule has 1 aromatic carbocycles. The Morgan fingerprint density at radius 3 is 2.91 bits per heavy atom. The van der Waals surface area contributed by atoms with Crippen LogP contribution in [0.15, 0.2) is 29.6 Å². The van der Waals surface area contributed by atoms with Gasteiger partial charge >= 0.3 is 6.03 Å². The van der Waals surface area contributed by atoms with Gasteiger partial charge in [-0.25, -0.2) is 9.78 Å². The molecule has 2 amide bonds. The second kappa shape index (κ2) is 7.97. The van der Waals surface area contributed by atoms with Crippen molar-refractivity contribution in [1.29, 1.82) is 0 Å². The summed E-state index contributed by atoms with van der Waals surface area (Å²) in [6.07, 6.45) is 1.09. The number of thiazole rings is 1. The van der Waals surface area contributed by atoms with Crippen LogP contribution in [-0.2, 0) is 6.54 Å². The molecule has 1 unspecified atom stereocenters. The zero-order chi connectivity index (χ0) is 16.8. The zero-order valence-corrected chi connectivity index (χ0v) is 14.8. The topological polar surface area (TPSA) is 54.5 Å². The van der Waals surface area contributed by atoms with Crippen molar-refractivity contribution in [2.45, 2.75) is 39.8 Å². The van der Waals surface area contributed by atoms with E-state index in [2.05, 4.69) is 17.2 Å². The Bertz CT molecular complexity index is 657. The summed E-state index contributed by atoms with van der Waals surface area (Å²) in [6.45, 7) is 6.54. The van der Waals surface area contributed by atoms with Crippen molar-refractivity contribution in [3.63, 3.8) is 0 Å². The summed E-state index contributed by atoms with van der Waals surface area (Å²) in [6, 6.07) is 7.28. The maximum absolute atomic E-state index is 12.3. The van der Waals surface area contributed by atoms with Gasteiger partial charge in [0.15, 0.2) is 0 Å². The van der Waals surface area contributed by atoms with E-state index in [9.17, 15) is 4.79 Å². The zero-order valence-electron chi connectivity index (χ0n) is 14.0. The van der Waals surface area contributed by atoms with Crippen LogP contribution >= 0.6 is 11.3 Å². The number of hydrogen-bond acceptors (Lipinski definition) is 4. The summed E-state index contributed by atoms with van der Waals surface area (Å²) in [5.74, 6) is 0.759. The number of amides is 2. The Labute approximate surface area is 141 Å². The Morgan fingerprint density at radius 2 is 2.26 bits per heavy atom. The Morgan fingerprint density at radius 1 is 1.48 bits per heavy atom. The summed E-state index contributed by atoms with van der Waals surface area (Å²) >= 11 is 1.59. The molecule has 1 heterocycles. The molecule has 2 rings (SSSR count). The second-order valence-electron chi connectivity index (χ2n) is 5.51. The van der Waals surface area contributed by atoms with Gasteiger partial charge in [-0.2, -0.15) is 0 Å². The van der Waals surface area contributed by atoms with Crippen LogP contribution in [0.2, 0.25) is 0 Å². The Hall–Kier alpha value is -2.08. The summed E-state index contributed by atoms with van der Waals surface area (Å²) < 4.78 is 5.77. The van der Waals surface area contributed by atoms with Crippen molar-refractivity contribution in [3.8, 4) is 5.75 Å². The lowest BCUT2D eigenvalue weighted by Gasteiger charge is -2.18. The number of benzene rings is 1. The molecule has 23 heavy (non-hydrogen) atoms. The molecule has 2 aromatic rings. The number of carbonyl (C=O) groups excluding carboxylic acids is 1. The van der Waals surface area contributed by atoms with Crippen LogP contribution < -0.4 is 10.1 Å². The lowest BCUT2D eigenvalue weighted by atomic mass is 10.3. The number of nitrogens with zero attached hydrogens (tertiary/aromatic N) is 2. The van der Waals surface area contributed by atoms with Crippen molar-refractivity contribution < 1.29 is 9.53 Å². The fraction of sp³-hybridized carbons (Fsp3) is 0.412. The number of anilines is 1. The molecule has 124 valence electrons. The number of rotatable bonds is 6. The molecule has 0 radical (unpaired) electrons. The van der Waals surface area contributed by atoms with E-state index in [1.165, 1.54) is 0 Å². The summed E-state index contributed by atoms with van der Waals surface area (Å²) in [5, 5.41) is 5.86. The number of urea groups is 1. The van der Waals surface area contributed by atoms with Crippen LogP contribution in [0.4, 0.5) is 10.5 Å². The van der Waals surface area contributed by atoms with Crippen LogP contribution in [0.1, 0.15) is 31.0 Å². The molecule has 0 aliphatic heterocycles. The fourth-order valence-corrected chi connectivity index (χ4v) is 2.58. The quantitative estimate of drug-likeness (QED) is 0.858. The highest BCUT2D eigenvalue weighted by molar-refractivity contribution is 7.09. The number of aromatic nitrogens is 1. The van der Waals surface area contributed by atoms with E-state index in [0.29, 0.717) is 6.54 Å². The number of nitrogens with one attached hydrogen (secondary N) is 1. The van der Waals surface area contributed by atoms with E-state index in [1.54, 1.807) is 23.3 Å². The van der Waals surface area contributed by atoms with Crippen molar-refractivity contribution in [1.82, 2.24) is 9.88 Å². The first-order chi connectivity index (χ1) is 11.0. The van der Waals surface area contributed by atoms with Gasteiger partial charge in [0, 0.05) is 24.2 Å². The van der Waals surface area contributed by atoms with Crippen LogP contribution in [0.25, 0.3) is 0 Å². The van der Waals surface area contributed by atoms with Crippen molar-refractivity contribution in [2.24, 2.45) is 0 Å². The molecule has 0 saturated carbocycles. The number of aryl methyl sites for hydroxylation is 1. The minimum Gasteiger partial charge on any atom is -0.491 e. The smallest absolute Gasteiger partial charge is 0.321 e. The van der Waals surface area contributed by atoms with Gasteiger partial charge in [0.1, 0.15) is 5.75 Å². The Kier molecular flexibility index (Phi) is 5.98. The molecule has 5 nitrogen and oxygen atoms in total. The van der Waals surface area contributed by atoms with Crippen molar-refractivity contribution in [2.75, 3.05) is 12.4 Å². The molecule has 6 heteroatoms. The van der Waals surface area contributed by atoms with Crippen LogP contribution in [0.3, 0.4) is 0 Å². The highest BCUT2D eigenvalue weighted by Gasteiger charge is 2.11. The third kappa shape index (κ3) is 5.25. The lowest BCUT2D eigenvalue weighted by molar-refractivity contribution is 0.217. The van der Waals surface area contributed by atoms with Crippen molar-refractivity contribution in [3.05, 3.63) is 40.3 Å². The maximum Gasteiger partial charge on any atom is 0.321 e. The first-order valence-electron chi connectivity index (χ1n) is 7.67. The normalized spacial score (nSPS) is 11.8. The minimum absolute atomic E-state index is 0.150. The number of ether oxygens (including phenoxy) is 1. The predicted molar refractivity (Wildman–Crippen MR) is 94.2 cm³/mol. The summed E-state index contributed by atoms with van der Waals surface area (Å²) in [7, 11) is 1.75. The molecule has 0 spiro atoms. The monoisotopic (exact) mass is 333 g/mol. The van der Waals surface area contributed by atoms with E-state index in [4.69, 9.17) is 4.74 Å². The van der Waals surface area contributed by atoms with E-state index in [-0.39, 0.29) is 12.1 Å². The van der Waals surface area contributed by atoms with Gasteiger partial charge in [-0.05, 0) is 32.4 Å². The molecule has 0 aliphatic carbocycles. The summed E-state index contributed by atoms with van der Waals surface area (Å²) in [4.78, 5) is 18.2. The van der Waals surface area contributed by atoms with Gasteiger partial charge in [-0.15, -0.1) is 11.3 Å². The minimum atomic E-state index is -0.170. The van der Waals surface area contributed by atoms with Crippen LogP contribution in [-0.4, -0.2) is 29.1 Å². The molecule has 0 aliphatic rings. The molecular formula is C17H23N3O2S. The number of hydrogen-bond donors (Lipinski definition) is 1. The molecule has 1 N–H and O–H groups in total. The average Bonchev–Trinajstić information content (AvgIpc) is 2.92. The SMILES string of the molecule is CCC(C)Oc1cccc(NC(=O)N(C)Cc2csc(C)n2)c1. The molecule has 0 fully saturated rings. The molecular weight excluding hydrogens is 310 g/mol. The molecule has 0 saturated heterocycles. The highest BCUT2D eigenvalue weighted by Crippen LogP contribution is 2.20. The first kappa shape index (κ1) is 17.3. The fourth-order valence-electron chi connectivity index (χ4n) is 1.98. The van der Waals surface area contributed by atoms with E-state index < -0.39 is 0 Å². The van der Waals surface area contributed by atoms with Gasteiger partial charge in [0.2, 0.25) is 0 Å².